The van der Waals surface area contributed by atoms with Gasteiger partial charge >= 0.3 is 6.03 Å². The molecule has 2 heterocycles. The number of β-amino-alcohol motifs (C(OH)–C–C–N with tert-alkyl or cyclic N) is 1. The molecule has 0 radical (unpaired) electrons. The van der Waals surface area contributed by atoms with E-state index >= 15 is 0 Å². The first-order valence-corrected chi connectivity index (χ1v) is 7.70. The van der Waals surface area contributed by atoms with Crippen LogP contribution in [-0.2, 0) is 6.42 Å². The summed E-state index contributed by atoms with van der Waals surface area (Å²) < 4.78 is 5.55. The number of urea groups is 1. The van der Waals surface area contributed by atoms with E-state index in [0.29, 0.717) is 24.7 Å². The fourth-order valence-electron chi connectivity index (χ4n) is 2.64. The predicted molar refractivity (Wildman–Crippen MR) is 83.8 cm³/mol. The Bertz CT molecular complexity index is 682. The highest BCUT2D eigenvalue weighted by molar-refractivity contribution is 5.91. The SMILES string of the molecule is CCc1nc2cc(NC(=O)N3CCC(C)C(O)C3)ccc2o1. The first-order chi connectivity index (χ1) is 10.6. The number of piperidine rings is 1. The maximum atomic E-state index is 12.3. The molecule has 2 amide bonds. The highest BCUT2D eigenvalue weighted by atomic mass is 16.3. The molecule has 1 saturated heterocycles. The number of rotatable bonds is 2. The largest absolute Gasteiger partial charge is 0.441 e. The first kappa shape index (κ1) is 14.8. The van der Waals surface area contributed by atoms with Crippen molar-refractivity contribution >= 4 is 22.8 Å². The van der Waals surface area contributed by atoms with Gasteiger partial charge in [0.15, 0.2) is 11.5 Å². The van der Waals surface area contributed by atoms with Crippen LogP contribution in [0.5, 0.6) is 0 Å². The fraction of sp³-hybridized carbons (Fsp3) is 0.500. The van der Waals surface area contributed by atoms with Crippen LogP contribution in [0.3, 0.4) is 0 Å². The molecular weight excluding hydrogens is 282 g/mol. The second-order valence-corrected chi connectivity index (χ2v) is 5.85. The number of likely N-dealkylation sites (tertiary alicyclic amines) is 1. The third-order valence-electron chi connectivity index (χ3n) is 4.19. The van der Waals surface area contributed by atoms with Gasteiger partial charge in [-0.25, -0.2) is 9.78 Å². The van der Waals surface area contributed by atoms with Crippen LogP contribution in [0.15, 0.2) is 22.6 Å². The van der Waals surface area contributed by atoms with Crippen molar-refractivity contribution in [3.8, 4) is 0 Å². The maximum absolute atomic E-state index is 12.3. The average Bonchev–Trinajstić information content (AvgIpc) is 2.92. The number of carbonyl (C=O) groups is 1. The van der Waals surface area contributed by atoms with Crippen molar-refractivity contribution < 1.29 is 14.3 Å². The standard InChI is InChI=1S/C16H21N3O3/c1-3-15-18-12-8-11(4-5-14(12)22-15)17-16(21)19-7-6-10(2)13(20)9-19/h4-5,8,10,13,20H,3,6-7,9H2,1-2H3,(H,17,21). The molecule has 0 aliphatic carbocycles. The molecule has 1 aliphatic rings. The van der Waals surface area contributed by atoms with E-state index in [0.717, 1.165) is 23.9 Å². The van der Waals surface area contributed by atoms with Gasteiger partial charge in [-0.15, -0.1) is 0 Å². The van der Waals surface area contributed by atoms with E-state index in [-0.39, 0.29) is 11.9 Å². The van der Waals surface area contributed by atoms with E-state index in [4.69, 9.17) is 4.42 Å². The number of hydrogen-bond donors (Lipinski definition) is 2. The number of aryl methyl sites for hydroxylation is 1. The smallest absolute Gasteiger partial charge is 0.321 e. The van der Waals surface area contributed by atoms with Gasteiger partial charge in [-0.05, 0) is 30.5 Å². The van der Waals surface area contributed by atoms with Gasteiger partial charge in [-0.1, -0.05) is 13.8 Å². The van der Waals surface area contributed by atoms with Gasteiger partial charge < -0.3 is 19.7 Å². The van der Waals surface area contributed by atoms with E-state index < -0.39 is 6.10 Å². The predicted octanol–water partition coefficient (Wildman–Crippen LogP) is 2.62. The van der Waals surface area contributed by atoms with Crippen molar-refractivity contribution in [3.05, 3.63) is 24.1 Å². The van der Waals surface area contributed by atoms with Gasteiger partial charge in [0.2, 0.25) is 0 Å². The Morgan fingerprint density at radius 1 is 1.55 bits per heavy atom. The Morgan fingerprint density at radius 2 is 2.36 bits per heavy atom. The Hall–Kier alpha value is -2.08. The number of benzene rings is 1. The average molecular weight is 303 g/mol. The lowest BCUT2D eigenvalue weighted by Gasteiger charge is -2.34. The molecule has 2 unspecified atom stereocenters. The van der Waals surface area contributed by atoms with Crippen molar-refractivity contribution in [2.75, 3.05) is 18.4 Å². The van der Waals surface area contributed by atoms with Gasteiger partial charge in [0.25, 0.3) is 0 Å². The highest BCUT2D eigenvalue weighted by Gasteiger charge is 2.27. The Kier molecular flexibility index (Phi) is 4.02. The number of carbonyl (C=O) groups excluding carboxylic acids is 1. The number of amides is 2. The minimum Gasteiger partial charge on any atom is -0.441 e. The molecular formula is C16H21N3O3. The summed E-state index contributed by atoms with van der Waals surface area (Å²) in [4.78, 5) is 18.3. The van der Waals surface area contributed by atoms with Crippen LogP contribution in [-0.4, -0.2) is 40.2 Å². The topological polar surface area (TPSA) is 78.6 Å². The van der Waals surface area contributed by atoms with Gasteiger partial charge in [-0.3, -0.25) is 0 Å². The van der Waals surface area contributed by atoms with Gasteiger partial charge in [0, 0.05) is 25.2 Å². The van der Waals surface area contributed by atoms with Crippen LogP contribution < -0.4 is 5.32 Å². The molecule has 118 valence electrons. The number of nitrogens with zero attached hydrogens (tertiary/aromatic N) is 2. The van der Waals surface area contributed by atoms with Crippen LogP contribution in [0, 0.1) is 5.92 Å². The maximum Gasteiger partial charge on any atom is 0.321 e. The summed E-state index contributed by atoms with van der Waals surface area (Å²) in [6.45, 7) is 5.02. The van der Waals surface area contributed by atoms with Crippen molar-refractivity contribution in [3.63, 3.8) is 0 Å². The third-order valence-corrected chi connectivity index (χ3v) is 4.19. The minimum atomic E-state index is -0.454. The molecule has 2 N–H and O–H groups in total. The number of oxazole rings is 1. The quantitative estimate of drug-likeness (QED) is 0.894. The van der Waals surface area contributed by atoms with Gasteiger partial charge in [0.1, 0.15) is 5.52 Å². The molecule has 1 fully saturated rings. The molecule has 6 heteroatoms. The summed E-state index contributed by atoms with van der Waals surface area (Å²) in [6, 6.07) is 5.22. The van der Waals surface area contributed by atoms with Gasteiger partial charge in [0.05, 0.1) is 6.10 Å². The Morgan fingerprint density at radius 3 is 3.09 bits per heavy atom. The molecule has 0 spiro atoms. The zero-order valence-corrected chi connectivity index (χ0v) is 12.9. The summed E-state index contributed by atoms with van der Waals surface area (Å²) in [5.41, 5.74) is 2.14. The molecule has 2 aromatic rings. The second-order valence-electron chi connectivity index (χ2n) is 5.85. The number of nitrogens with one attached hydrogen (secondary N) is 1. The second kappa shape index (κ2) is 5.96. The molecule has 1 aromatic carbocycles. The van der Waals surface area contributed by atoms with Crippen LogP contribution in [0.2, 0.25) is 0 Å². The fourth-order valence-corrected chi connectivity index (χ4v) is 2.64. The van der Waals surface area contributed by atoms with Crippen molar-refractivity contribution in [2.24, 2.45) is 5.92 Å². The molecule has 2 atom stereocenters. The summed E-state index contributed by atoms with van der Waals surface area (Å²) in [6.07, 6.45) is 1.10. The zero-order valence-electron chi connectivity index (χ0n) is 12.9. The lowest BCUT2D eigenvalue weighted by Crippen LogP contribution is -2.47. The van der Waals surface area contributed by atoms with E-state index in [1.807, 2.05) is 19.9 Å². The summed E-state index contributed by atoms with van der Waals surface area (Å²) in [7, 11) is 0. The highest BCUT2D eigenvalue weighted by Crippen LogP contribution is 2.22. The number of anilines is 1. The van der Waals surface area contributed by atoms with Crippen LogP contribution >= 0.6 is 0 Å². The molecule has 0 bridgehead atoms. The van der Waals surface area contributed by atoms with Crippen molar-refractivity contribution in [1.82, 2.24) is 9.88 Å². The first-order valence-electron chi connectivity index (χ1n) is 7.70. The summed E-state index contributed by atoms with van der Waals surface area (Å²) >= 11 is 0. The van der Waals surface area contributed by atoms with Crippen molar-refractivity contribution in [1.29, 1.82) is 0 Å². The van der Waals surface area contributed by atoms with E-state index in [1.165, 1.54) is 0 Å². The molecule has 3 rings (SSSR count). The third kappa shape index (κ3) is 2.92. The molecule has 1 aromatic heterocycles. The Balaban J connectivity index is 1.71. The van der Waals surface area contributed by atoms with E-state index in [1.54, 1.807) is 17.0 Å². The minimum absolute atomic E-state index is 0.190. The normalized spacial score (nSPS) is 22.0. The number of aliphatic hydroxyl groups is 1. The molecule has 22 heavy (non-hydrogen) atoms. The van der Waals surface area contributed by atoms with Crippen LogP contribution in [0.4, 0.5) is 10.5 Å². The molecule has 0 saturated carbocycles. The number of aromatic nitrogens is 1. The monoisotopic (exact) mass is 303 g/mol. The number of fused-ring (bicyclic) bond motifs is 1. The van der Waals surface area contributed by atoms with Crippen molar-refractivity contribution in [2.45, 2.75) is 32.8 Å². The number of hydrogen-bond acceptors (Lipinski definition) is 4. The zero-order chi connectivity index (χ0) is 15.7. The Labute approximate surface area is 129 Å². The van der Waals surface area contributed by atoms with E-state index in [9.17, 15) is 9.90 Å². The lowest BCUT2D eigenvalue weighted by atomic mass is 9.96. The summed E-state index contributed by atoms with van der Waals surface area (Å²) in [5, 5.41) is 12.8. The lowest BCUT2D eigenvalue weighted by molar-refractivity contribution is 0.0464. The number of aliphatic hydroxyl groups excluding tert-OH is 1. The van der Waals surface area contributed by atoms with E-state index in [2.05, 4.69) is 10.3 Å². The molecule has 1 aliphatic heterocycles. The molecule has 6 nitrogen and oxygen atoms in total. The summed E-state index contributed by atoms with van der Waals surface area (Å²) in [5.74, 6) is 0.926. The van der Waals surface area contributed by atoms with Crippen LogP contribution in [0.1, 0.15) is 26.2 Å². The van der Waals surface area contributed by atoms with Crippen LogP contribution in [0.25, 0.3) is 11.1 Å². The van der Waals surface area contributed by atoms with Gasteiger partial charge in [-0.2, -0.15) is 0 Å².